The largest absolute Gasteiger partial charge is 0.460 e. The van der Waals surface area contributed by atoms with Crippen LogP contribution < -0.4 is 0 Å². The topological polar surface area (TPSA) is 46.5 Å². The Morgan fingerprint density at radius 1 is 0.606 bits per heavy atom. The maximum absolute atomic E-state index is 10.5. The molecule has 0 spiro atoms. The van der Waals surface area contributed by atoms with Crippen LogP contribution in [0, 0.1) is 0 Å². The molecule has 0 unspecified atom stereocenters. The van der Waals surface area contributed by atoms with E-state index in [9.17, 15) is 4.79 Å². The predicted octanol–water partition coefficient (Wildman–Crippen LogP) is 9.64. The van der Waals surface area contributed by atoms with Crippen LogP contribution in [0.4, 0.5) is 0 Å². The molecule has 3 nitrogen and oxygen atoms in total. The molecule has 0 aliphatic heterocycles. The Morgan fingerprint density at radius 2 is 0.758 bits per heavy atom. The van der Waals surface area contributed by atoms with Crippen molar-refractivity contribution >= 4 is 5.97 Å². The highest BCUT2D eigenvalue weighted by atomic mass is 16.5. The van der Waals surface area contributed by atoms with Crippen LogP contribution in [0.15, 0.2) is 113 Å². The number of hydrogen-bond acceptors (Lipinski definition) is 3. The number of carbonyl (C=O) groups is 1. The van der Waals surface area contributed by atoms with Crippen molar-refractivity contribution in [3.05, 3.63) is 113 Å². The molecule has 0 bridgehead atoms. The van der Waals surface area contributed by atoms with Crippen LogP contribution in [0.2, 0.25) is 0 Å². The average molecular weight is 467 g/mol. The van der Waals surface area contributed by atoms with Gasteiger partial charge in [-0.1, -0.05) is 55.2 Å². The van der Waals surface area contributed by atoms with E-state index in [-0.39, 0.29) is 13.2 Å². The second-order valence-corrected chi connectivity index (χ2v) is 4.91. The van der Waals surface area contributed by atoms with E-state index in [0.29, 0.717) is 5.57 Å². The molecular weight excluding hydrogens is 408 g/mol. The van der Waals surface area contributed by atoms with Crippen LogP contribution in [-0.2, 0) is 9.53 Å². The molecule has 0 aromatic carbocycles. The third-order valence-electron chi connectivity index (χ3n) is 0.673. The van der Waals surface area contributed by atoms with Crippen LogP contribution in [0.1, 0.15) is 62.3 Å². The number of carbonyl (C=O) groups excluding carboxylic acids is 1. The summed E-state index contributed by atoms with van der Waals surface area (Å²) in [5.41, 5.74) is 0.350. The number of rotatable bonds is 3. The molecule has 0 saturated heterocycles. The maximum atomic E-state index is 10.5. The average Bonchev–Trinajstić information content (AvgIpc) is 2.71. The highest BCUT2D eigenvalue weighted by Crippen LogP contribution is 1.89. The summed E-state index contributed by atoms with van der Waals surface area (Å²) in [4.78, 5) is 10.5. The van der Waals surface area contributed by atoms with Gasteiger partial charge in [0, 0.05) is 5.57 Å². The SMILES string of the molecule is C=C(C)C(=O)OCCO.C=CC.C=CC.C=CC.C=CC.C=CC.C=CC.C=CC.C=CC. The van der Waals surface area contributed by atoms with E-state index in [0.717, 1.165) is 0 Å². The third-order valence-corrected chi connectivity index (χ3v) is 0.673. The van der Waals surface area contributed by atoms with Crippen molar-refractivity contribution in [1.82, 2.24) is 0 Å². The van der Waals surface area contributed by atoms with Gasteiger partial charge in [-0.05, 0) is 62.3 Å². The Balaban J connectivity index is -0.0000000297. The lowest BCUT2D eigenvalue weighted by molar-refractivity contribution is -0.139. The Morgan fingerprint density at radius 3 is 0.848 bits per heavy atom. The summed E-state index contributed by atoms with van der Waals surface area (Å²) in [6, 6.07) is 0. The molecule has 196 valence electrons. The molecule has 0 saturated carbocycles. The van der Waals surface area contributed by atoms with E-state index in [4.69, 9.17) is 5.11 Å². The standard InChI is InChI=1S/C6H10O3.8C3H6/c1-5(2)6(8)9-4-3-7;8*1-3-2/h7H,1,3-4H2,2H3;8*3H,1H2,2H3. The number of aliphatic hydroxyl groups excluding tert-OH is 1. The second kappa shape index (κ2) is 116. The lowest BCUT2D eigenvalue weighted by Crippen LogP contribution is -2.08. The number of allylic oxidation sites excluding steroid dienone is 8. The Bertz CT molecular complexity index is 331. The fraction of sp³-hybridized carbons (Fsp3) is 0.367. The summed E-state index contributed by atoms with van der Waals surface area (Å²) in [6.45, 7) is 46.8. The summed E-state index contributed by atoms with van der Waals surface area (Å²) in [7, 11) is 0. The highest BCUT2D eigenvalue weighted by Gasteiger charge is 1.99. The molecule has 0 aliphatic rings. The van der Waals surface area contributed by atoms with Crippen molar-refractivity contribution in [2.24, 2.45) is 0 Å². The Labute approximate surface area is 209 Å². The molecule has 0 heterocycles. The summed E-state index contributed by atoms with van der Waals surface area (Å²) < 4.78 is 4.46. The van der Waals surface area contributed by atoms with Gasteiger partial charge in [-0.15, -0.1) is 52.6 Å². The number of aliphatic hydroxyl groups is 1. The normalized spacial score (nSPS) is 5.52. The minimum Gasteiger partial charge on any atom is -0.460 e. The molecular formula is C30H58O3. The van der Waals surface area contributed by atoms with Crippen LogP contribution in [-0.4, -0.2) is 24.3 Å². The molecule has 0 atom stereocenters. The van der Waals surface area contributed by atoms with E-state index < -0.39 is 5.97 Å². The molecule has 1 N–H and O–H groups in total. The molecule has 0 rings (SSSR count). The number of hydrogen-bond donors (Lipinski definition) is 1. The lowest BCUT2D eigenvalue weighted by atomic mass is 10.4. The number of ether oxygens (including phenoxy) is 1. The first-order chi connectivity index (χ1) is 15.5. The fourth-order valence-corrected chi connectivity index (χ4v) is 0.262. The van der Waals surface area contributed by atoms with Crippen LogP contribution >= 0.6 is 0 Å². The first-order valence-electron chi connectivity index (χ1n) is 10.5. The van der Waals surface area contributed by atoms with Crippen molar-refractivity contribution < 1.29 is 14.6 Å². The summed E-state index contributed by atoms with van der Waals surface area (Å²) in [5, 5.41) is 8.19. The molecule has 0 aromatic rings. The van der Waals surface area contributed by atoms with Crippen molar-refractivity contribution in [3.63, 3.8) is 0 Å². The first kappa shape index (κ1) is 57.2. The minimum atomic E-state index is -0.455. The van der Waals surface area contributed by atoms with Gasteiger partial charge in [-0.3, -0.25) is 0 Å². The van der Waals surface area contributed by atoms with E-state index >= 15 is 0 Å². The molecule has 3 heteroatoms. The van der Waals surface area contributed by atoms with Gasteiger partial charge in [-0.2, -0.15) is 0 Å². The zero-order valence-electron chi connectivity index (χ0n) is 23.7. The van der Waals surface area contributed by atoms with E-state index in [1.165, 1.54) is 0 Å². The lowest BCUT2D eigenvalue weighted by Gasteiger charge is -1.99. The smallest absolute Gasteiger partial charge is 0.333 e. The maximum Gasteiger partial charge on any atom is 0.333 e. The van der Waals surface area contributed by atoms with Gasteiger partial charge in [0.1, 0.15) is 6.61 Å². The minimum absolute atomic E-state index is 0.0473. The molecule has 0 fully saturated rings. The van der Waals surface area contributed by atoms with Crippen LogP contribution in [0.25, 0.3) is 0 Å². The Hall–Kier alpha value is -2.91. The van der Waals surface area contributed by atoms with Crippen molar-refractivity contribution in [1.29, 1.82) is 0 Å². The molecule has 0 amide bonds. The molecule has 33 heavy (non-hydrogen) atoms. The van der Waals surface area contributed by atoms with Gasteiger partial charge < -0.3 is 9.84 Å². The van der Waals surface area contributed by atoms with Gasteiger partial charge >= 0.3 is 5.97 Å². The zero-order chi connectivity index (χ0) is 28.9. The second-order valence-electron chi connectivity index (χ2n) is 4.91. The van der Waals surface area contributed by atoms with Gasteiger partial charge in [-0.25, -0.2) is 4.79 Å². The van der Waals surface area contributed by atoms with Crippen molar-refractivity contribution in [2.75, 3.05) is 13.2 Å². The summed E-state index contributed by atoms with van der Waals surface area (Å²) in [6.07, 6.45) is 14.0. The third kappa shape index (κ3) is 824. The van der Waals surface area contributed by atoms with Crippen molar-refractivity contribution in [3.8, 4) is 0 Å². The molecule has 0 radical (unpaired) electrons. The monoisotopic (exact) mass is 466 g/mol. The first-order valence-corrected chi connectivity index (χ1v) is 10.5. The molecule has 0 aliphatic carbocycles. The summed E-state index contributed by atoms with van der Waals surface area (Å²) >= 11 is 0. The van der Waals surface area contributed by atoms with Gasteiger partial charge in [0.05, 0.1) is 6.61 Å². The highest BCUT2D eigenvalue weighted by molar-refractivity contribution is 5.86. The Kier molecular flexibility index (Phi) is 201. The predicted molar refractivity (Wildman–Crippen MR) is 160 cm³/mol. The van der Waals surface area contributed by atoms with Crippen LogP contribution in [0.5, 0.6) is 0 Å². The fourth-order valence-electron chi connectivity index (χ4n) is 0.262. The van der Waals surface area contributed by atoms with Crippen LogP contribution in [0.3, 0.4) is 0 Å². The quantitative estimate of drug-likeness (QED) is 0.256. The van der Waals surface area contributed by atoms with Crippen molar-refractivity contribution in [2.45, 2.75) is 62.3 Å². The molecule has 0 aromatic heterocycles. The van der Waals surface area contributed by atoms with E-state index in [1.807, 2.05) is 55.4 Å². The van der Waals surface area contributed by atoms with E-state index in [2.05, 4.69) is 63.9 Å². The summed E-state index contributed by atoms with van der Waals surface area (Å²) in [5.74, 6) is -0.455. The van der Waals surface area contributed by atoms with E-state index in [1.54, 1.807) is 55.5 Å². The number of esters is 1. The zero-order valence-corrected chi connectivity index (χ0v) is 23.7. The van der Waals surface area contributed by atoms with Gasteiger partial charge in [0.2, 0.25) is 0 Å². The van der Waals surface area contributed by atoms with Gasteiger partial charge in [0.15, 0.2) is 0 Å². The van der Waals surface area contributed by atoms with Gasteiger partial charge in [0.25, 0.3) is 0 Å².